The van der Waals surface area contributed by atoms with E-state index in [0.29, 0.717) is 24.9 Å². The van der Waals surface area contributed by atoms with Gasteiger partial charge in [-0.3, -0.25) is 4.79 Å². The van der Waals surface area contributed by atoms with Gasteiger partial charge in [-0.25, -0.2) is 14.5 Å². The van der Waals surface area contributed by atoms with Gasteiger partial charge >= 0.3 is 18.2 Å². The van der Waals surface area contributed by atoms with Gasteiger partial charge in [0.1, 0.15) is 0 Å². The smallest absolute Gasteiger partial charge is 0.338 e. The summed E-state index contributed by atoms with van der Waals surface area (Å²) in [6.07, 6.45) is -3.24. The molecule has 5 amide bonds. The van der Waals surface area contributed by atoms with Gasteiger partial charge in [0.05, 0.1) is 16.9 Å². The summed E-state index contributed by atoms with van der Waals surface area (Å²) in [6, 6.07) is 7.53. The Labute approximate surface area is 190 Å². The molecular formula is C23H27F3N4O3. The molecule has 0 bridgehead atoms. The number of hydrogen-bond acceptors (Lipinski definition) is 3. The molecule has 0 radical (unpaired) electrons. The Morgan fingerprint density at radius 1 is 0.909 bits per heavy atom. The number of amides is 5. The first-order valence-electron chi connectivity index (χ1n) is 10.5. The van der Waals surface area contributed by atoms with Crippen molar-refractivity contribution in [2.75, 3.05) is 23.7 Å². The SMILES string of the molecule is CCCNC(=O)N(CCC)C(=O)Nc1c(C)cccc1NC(=O)c1ccc(C(F)(F)F)cc1. The highest BCUT2D eigenvalue weighted by atomic mass is 19.4. The maximum absolute atomic E-state index is 12.8. The third-order valence-electron chi connectivity index (χ3n) is 4.69. The highest BCUT2D eigenvalue weighted by Gasteiger charge is 2.30. The maximum atomic E-state index is 12.8. The van der Waals surface area contributed by atoms with Crippen molar-refractivity contribution in [2.45, 2.75) is 39.8 Å². The minimum absolute atomic E-state index is 0.0216. The van der Waals surface area contributed by atoms with E-state index in [0.717, 1.165) is 29.2 Å². The van der Waals surface area contributed by atoms with Crippen LogP contribution in [0.3, 0.4) is 0 Å². The third kappa shape index (κ3) is 6.96. The van der Waals surface area contributed by atoms with E-state index in [4.69, 9.17) is 0 Å². The van der Waals surface area contributed by atoms with Crippen molar-refractivity contribution in [3.63, 3.8) is 0 Å². The maximum Gasteiger partial charge on any atom is 0.416 e. The first kappa shape index (κ1) is 25.7. The van der Waals surface area contributed by atoms with Crippen LogP contribution in [0.4, 0.5) is 34.1 Å². The number of hydrogen-bond donors (Lipinski definition) is 3. The summed E-state index contributed by atoms with van der Waals surface area (Å²) in [4.78, 5) is 38.8. The van der Waals surface area contributed by atoms with Crippen molar-refractivity contribution in [2.24, 2.45) is 0 Å². The normalized spacial score (nSPS) is 11.0. The molecule has 0 aliphatic carbocycles. The minimum atomic E-state index is -4.50. The number of nitrogens with one attached hydrogen (secondary N) is 3. The molecule has 2 aromatic carbocycles. The van der Waals surface area contributed by atoms with Crippen molar-refractivity contribution < 1.29 is 27.6 Å². The van der Waals surface area contributed by atoms with Crippen LogP contribution in [0.25, 0.3) is 0 Å². The minimum Gasteiger partial charge on any atom is -0.338 e. The molecule has 33 heavy (non-hydrogen) atoms. The Kier molecular flexibility index (Phi) is 8.84. The van der Waals surface area contributed by atoms with Gasteiger partial charge in [-0.2, -0.15) is 13.2 Å². The molecule has 0 saturated carbocycles. The number of carbonyl (C=O) groups is 3. The van der Waals surface area contributed by atoms with E-state index in [9.17, 15) is 27.6 Å². The van der Waals surface area contributed by atoms with Crippen molar-refractivity contribution in [1.29, 1.82) is 0 Å². The number of carbonyl (C=O) groups excluding carboxylic acids is 3. The lowest BCUT2D eigenvalue weighted by Crippen LogP contribution is -2.46. The summed E-state index contributed by atoms with van der Waals surface area (Å²) in [7, 11) is 0. The van der Waals surface area contributed by atoms with Crippen LogP contribution in [-0.4, -0.2) is 36.0 Å². The average molecular weight is 464 g/mol. The van der Waals surface area contributed by atoms with Crippen molar-refractivity contribution in [1.82, 2.24) is 10.2 Å². The van der Waals surface area contributed by atoms with Gasteiger partial charge in [-0.05, 0) is 55.7 Å². The van der Waals surface area contributed by atoms with Crippen LogP contribution in [0.1, 0.15) is 48.2 Å². The van der Waals surface area contributed by atoms with Gasteiger partial charge in [-0.15, -0.1) is 0 Å². The number of imide groups is 1. The first-order chi connectivity index (χ1) is 15.6. The Hall–Kier alpha value is -3.56. The van der Waals surface area contributed by atoms with E-state index < -0.39 is 29.7 Å². The molecule has 0 spiro atoms. The molecule has 178 valence electrons. The van der Waals surface area contributed by atoms with E-state index in [2.05, 4.69) is 16.0 Å². The molecule has 0 unspecified atom stereocenters. The molecule has 0 aromatic heterocycles. The number of halogens is 3. The monoisotopic (exact) mass is 464 g/mol. The summed E-state index contributed by atoms with van der Waals surface area (Å²) < 4.78 is 38.3. The van der Waals surface area contributed by atoms with Crippen molar-refractivity contribution in [3.8, 4) is 0 Å². The van der Waals surface area contributed by atoms with E-state index in [1.54, 1.807) is 25.1 Å². The second-order valence-corrected chi connectivity index (χ2v) is 7.34. The predicted molar refractivity (Wildman–Crippen MR) is 120 cm³/mol. The highest BCUT2D eigenvalue weighted by Crippen LogP contribution is 2.30. The van der Waals surface area contributed by atoms with E-state index in [-0.39, 0.29) is 23.5 Å². The van der Waals surface area contributed by atoms with Gasteiger partial charge in [0.25, 0.3) is 5.91 Å². The van der Waals surface area contributed by atoms with Crippen LogP contribution in [0.15, 0.2) is 42.5 Å². The zero-order valence-corrected chi connectivity index (χ0v) is 18.7. The standard InChI is InChI=1S/C23H27F3N4O3/c1-4-13-27-21(32)30(14-5-2)22(33)29-19-15(3)7-6-8-18(19)28-20(31)16-9-11-17(12-10-16)23(24,25)26/h6-12H,4-5,13-14H2,1-3H3,(H,27,32)(H,28,31)(H,29,33). The molecule has 0 heterocycles. The van der Waals surface area contributed by atoms with Gasteiger partial charge in [0, 0.05) is 18.7 Å². The lowest BCUT2D eigenvalue weighted by Gasteiger charge is -2.23. The van der Waals surface area contributed by atoms with Crippen LogP contribution >= 0.6 is 0 Å². The van der Waals surface area contributed by atoms with Crippen molar-refractivity contribution in [3.05, 3.63) is 59.2 Å². The largest absolute Gasteiger partial charge is 0.416 e. The number of benzene rings is 2. The number of anilines is 2. The molecule has 2 rings (SSSR count). The quantitative estimate of drug-likeness (QED) is 0.496. The summed E-state index contributed by atoms with van der Waals surface area (Å²) >= 11 is 0. The second-order valence-electron chi connectivity index (χ2n) is 7.34. The molecule has 7 nitrogen and oxygen atoms in total. The van der Waals surface area contributed by atoms with Gasteiger partial charge in [0.2, 0.25) is 0 Å². The fraction of sp³-hybridized carbons (Fsp3) is 0.348. The Balaban J connectivity index is 2.22. The molecule has 2 aromatic rings. The topological polar surface area (TPSA) is 90.5 Å². The molecule has 0 aliphatic rings. The second kappa shape index (κ2) is 11.3. The van der Waals surface area contributed by atoms with E-state index in [1.165, 1.54) is 0 Å². The van der Waals surface area contributed by atoms with Crippen LogP contribution in [0, 0.1) is 6.92 Å². The summed E-state index contributed by atoms with van der Waals surface area (Å²) in [5.41, 5.74) is 0.318. The van der Waals surface area contributed by atoms with Crippen LogP contribution in [-0.2, 0) is 6.18 Å². The highest BCUT2D eigenvalue weighted by molar-refractivity contribution is 6.08. The predicted octanol–water partition coefficient (Wildman–Crippen LogP) is 5.63. The summed E-state index contributed by atoms with van der Waals surface area (Å²) in [5, 5.41) is 7.94. The Bertz CT molecular complexity index is 991. The van der Waals surface area contributed by atoms with E-state index >= 15 is 0 Å². The number of alkyl halides is 3. The zero-order valence-electron chi connectivity index (χ0n) is 18.7. The number of aryl methyl sites for hydroxylation is 1. The number of nitrogens with zero attached hydrogens (tertiary/aromatic N) is 1. The summed E-state index contributed by atoms with van der Waals surface area (Å²) in [6.45, 7) is 6.05. The van der Waals surface area contributed by atoms with Crippen molar-refractivity contribution >= 4 is 29.3 Å². The molecule has 0 fully saturated rings. The molecule has 0 aliphatic heterocycles. The fourth-order valence-electron chi connectivity index (χ4n) is 2.96. The lowest BCUT2D eigenvalue weighted by atomic mass is 10.1. The molecular weight excluding hydrogens is 437 g/mol. The van der Waals surface area contributed by atoms with Crippen LogP contribution in [0.5, 0.6) is 0 Å². The number of rotatable bonds is 7. The lowest BCUT2D eigenvalue weighted by molar-refractivity contribution is -0.137. The number of urea groups is 2. The Morgan fingerprint density at radius 3 is 2.15 bits per heavy atom. The van der Waals surface area contributed by atoms with Crippen LogP contribution < -0.4 is 16.0 Å². The third-order valence-corrected chi connectivity index (χ3v) is 4.69. The Morgan fingerprint density at radius 2 is 1.58 bits per heavy atom. The zero-order chi connectivity index (χ0) is 24.6. The van der Waals surface area contributed by atoms with Gasteiger partial charge in [-0.1, -0.05) is 26.0 Å². The molecule has 3 N–H and O–H groups in total. The average Bonchev–Trinajstić information content (AvgIpc) is 2.77. The summed E-state index contributed by atoms with van der Waals surface area (Å²) in [5.74, 6) is -0.643. The van der Waals surface area contributed by atoms with E-state index in [1.807, 2.05) is 13.8 Å². The van der Waals surface area contributed by atoms with Gasteiger partial charge in [0.15, 0.2) is 0 Å². The molecule has 0 saturated heterocycles. The van der Waals surface area contributed by atoms with Crippen LogP contribution in [0.2, 0.25) is 0 Å². The first-order valence-corrected chi connectivity index (χ1v) is 10.5. The fourth-order valence-corrected chi connectivity index (χ4v) is 2.96. The van der Waals surface area contributed by atoms with Gasteiger partial charge < -0.3 is 16.0 Å². The number of para-hydroxylation sites is 1. The molecule has 0 atom stereocenters. The molecule has 10 heteroatoms.